The van der Waals surface area contributed by atoms with Crippen molar-refractivity contribution in [2.24, 2.45) is 0 Å². The molecule has 1 N–H and O–H groups in total. The second kappa shape index (κ2) is 6.17. The molecule has 0 aliphatic heterocycles. The SMILES string of the molecule is C=C(Cl)CNCc1ccc(CSC)o1. The summed E-state index contributed by atoms with van der Waals surface area (Å²) in [5, 5.41) is 3.74. The maximum atomic E-state index is 5.61. The third-order valence-electron chi connectivity index (χ3n) is 1.62. The van der Waals surface area contributed by atoms with Gasteiger partial charge in [0.2, 0.25) is 0 Å². The van der Waals surface area contributed by atoms with Gasteiger partial charge in [0.25, 0.3) is 0 Å². The average Bonchev–Trinajstić information content (AvgIpc) is 2.53. The molecule has 0 amide bonds. The van der Waals surface area contributed by atoms with Crippen molar-refractivity contribution < 1.29 is 4.42 Å². The summed E-state index contributed by atoms with van der Waals surface area (Å²) in [6.07, 6.45) is 2.05. The molecule has 14 heavy (non-hydrogen) atoms. The van der Waals surface area contributed by atoms with Crippen LogP contribution < -0.4 is 5.32 Å². The molecular weight excluding hydrogens is 218 g/mol. The number of nitrogens with one attached hydrogen (secondary N) is 1. The summed E-state index contributed by atoms with van der Waals surface area (Å²) in [4.78, 5) is 0. The molecule has 0 spiro atoms. The fourth-order valence-corrected chi connectivity index (χ4v) is 1.59. The second-order valence-corrected chi connectivity index (χ2v) is 4.32. The van der Waals surface area contributed by atoms with E-state index in [1.54, 1.807) is 11.8 Å². The van der Waals surface area contributed by atoms with Crippen LogP contribution in [-0.2, 0) is 12.3 Å². The van der Waals surface area contributed by atoms with Crippen LogP contribution >= 0.6 is 23.4 Å². The fourth-order valence-electron chi connectivity index (χ4n) is 1.06. The number of thioether (sulfide) groups is 1. The molecule has 4 heteroatoms. The minimum absolute atomic E-state index is 0.611. The van der Waals surface area contributed by atoms with Crippen LogP contribution in [0.2, 0.25) is 0 Å². The zero-order chi connectivity index (χ0) is 10.4. The molecule has 0 aliphatic rings. The molecule has 0 bridgehead atoms. The maximum absolute atomic E-state index is 5.61. The quantitative estimate of drug-likeness (QED) is 0.815. The van der Waals surface area contributed by atoms with Crippen molar-refractivity contribution in [3.05, 3.63) is 35.3 Å². The van der Waals surface area contributed by atoms with Crippen LogP contribution in [0.3, 0.4) is 0 Å². The second-order valence-electron chi connectivity index (χ2n) is 2.92. The summed E-state index contributed by atoms with van der Waals surface area (Å²) in [6.45, 7) is 4.90. The molecule has 1 rings (SSSR count). The standard InChI is InChI=1S/C10H14ClNOS/c1-8(11)5-12-6-9-3-4-10(13-9)7-14-2/h3-4,12H,1,5-7H2,2H3. The van der Waals surface area contributed by atoms with E-state index in [1.165, 1.54) is 0 Å². The molecule has 0 unspecified atom stereocenters. The van der Waals surface area contributed by atoms with Gasteiger partial charge in [0.05, 0.1) is 12.3 Å². The van der Waals surface area contributed by atoms with Crippen LogP contribution in [0.5, 0.6) is 0 Å². The smallest absolute Gasteiger partial charge is 0.118 e. The normalized spacial score (nSPS) is 10.4. The summed E-state index contributed by atoms with van der Waals surface area (Å²) in [5.41, 5.74) is 0. The average molecular weight is 232 g/mol. The van der Waals surface area contributed by atoms with Gasteiger partial charge < -0.3 is 9.73 Å². The summed E-state index contributed by atoms with van der Waals surface area (Å²) in [5.74, 6) is 2.87. The zero-order valence-electron chi connectivity index (χ0n) is 8.18. The van der Waals surface area contributed by atoms with Crippen molar-refractivity contribution in [2.75, 3.05) is 12.8 Å². The van der Waals surface area contributed by atoms with E-state index < -0.39 is 0 Å². The Morgan fingerprint density at radius 2 is 2.29 bits per heavy atom. The number of furan rings is 1. The molecule has 0 saturated heterocycles. The Hall–Kier alpha value is -0.380. The molecule has 0 fully saturated rings. The first-order chi connectivity index (χ1) is 6.72. The lowest BCUT2D eigenvalue weighted by atomic mass is 10.4. The first-order valence-electron chi connectivity index (χ1n) is 4.33. The molecule has 0 aromatic carbocycles. The van der Waals surface area contributed by atoms with Gasteiger partial charge in [0.15, 0.2) is 0 Å². The van der Waals surface area contributed by atoms with E-state index in [-0.39, 0.29) is 0 Å². The van der Waals surface area contributed by atoms with Gasteiger partial charge in [0, 0.05) is 11.6 Å². The topological polar surface area (TPSA) is 25.2 Å². The van der Waals surface area contributed by atoms with Crippen LogP contribution in [0.25, 0.3) is 0 Å². The molecule has 0 aliphatic carbocycles. The highest BCUT2D eigenvalue weighted by atomic mass is 35.5. The summed E-state index contributed by atoms with van der Waals surface area (Å²) >= 11 is 7.36. The molecule has 1 aromatic heterocycles. The maximum Gasteiger partial charge on any atom is 0.118 e. The Labute approximate surface area is 93.7 Å². The van der Waals surface area contributed by atoms with Crippen LogP contribution in [0.15, 0.2) is 28.2 Å². The van der Waals surface area contributed by atoms with Crippen molar-refractivity contribution in [1.82, 2.24) is 5.32 Å². The Morgan fingerprint density at radius 1 is 1.57 bits per heavy atom. The predicted molar refractivity (Wildman–Crippen MR) is 62.6 cm³/mol. The molecule has 2 nitrogen and oxygen atoms in total. The van der Waals surface area contributed by atoms with Crippen LogP contribution in [0.1, 0.15) is 11.5 Å². The first kappa shape index (κ1) is 11.7. The van der Waals surface area contributed by atoms with Gasteiger partial charge in [-0.05, 0) is 18.4 Å². The monoisotopic (exact) mass is 231 g/mol. The lowest BCUT2D eigenvalue weighted by Crippen LogP contribution is -2.13. The van der Waals surface area contributed by atoms with E-state index in [1.807, 2.05) is 12.1 Å². The Balaban J connectivity index is 2.32. The van der Waals surface area contributed by atoms with Crippen LogP contribution in [0, 0.1) is 0 Å². The van der Waals surface area contributed by atoms with E-state index in [0.29, 0.717) is 18.1 Å². The number of rotatable bonds is 6. The van der Waals surface area contributed by atoms with Gasteiger partial charge in [-0.1, -0.05) is 18.2 Å². The highest BCUT2D eigenvalue weighted by Crippen LogP contribution is 2.13. The lowest BCUT2D eigenvalue weighted by molar-refractivity contribution is 0.465. The Kier molecular flexibility index (Phi) is 5.15. The minimum Gasteiger partial charge on any atom is -0.464 e. The predicted octanol–water partition coefficient (Wildman–Crippen LogP) is 2.98. The largest absolute Gasteiger partial charge is 0.464 e. The molecule has 0 radical (unpaired) electrons. The van der Waals surface area contributed by atoms with E-state index in [0.717, 1.165) is 17.3 Å². The minimum atomic E-state index is 0.611. The van der Waals surface area contributed by atoms with E-state index >= 15 is 0 Å². The Bertz CT molecular complexity index is 298. The summed E-state index contributed by atoms with van der Waals surface area (Å²) in [6, 6.07) is 3.98. The fraction of sp³-hybridized carbons (Fsp3) is 0.400. The van der Waals surface area contributed by atoms with Gasteiger partial charge in [0.1, 0.15) is 11.5 Å². The van der Waals surface area contributed by atoms with Gasteiger partial charge in [-0.15, -0.1) is 0 Å². The van der Waals surface area contributed by atoms with E-state index in [2.05, 4.69) is 18.2 Å². The molecular formula is C10H14ClNOS. The van der Waals surface area contributed by atoms with Crippen molar-refractivity contribution >= 4 is 23.4 Å². The van der Waals surface area contributed by atoms with Crippen molar-refractivity contribution in [3.8, 4) is 0 Å². The third kappa shape index (κ3) is 4.22. The Morgan fingerprint density at radius 3 is 2.93 bits per heavy atom. The van der Waals surface area contributed by atoms with Gasteiger partial charge in [-0.25, -0.2) is 0 Å². The van der Waals surface area contributed by atoms with Gasteiger partial charge >= 0.3 is 0 Å². The first-order valence-corrected chi connectivity index (χ1v) is 6.10. The van der Waals surface area contributed by atoms with Crippen molar-refractivity contribution in [2.45, 2.75) is 12.3 Å². The van der Waals surface area contributed by atoms with Crippen LogP contribution in [-0.4, -0.2) is 12.8 Å². The molecule has 1 heterocycles. The van der Waals surface area contributed by atoms with Crippen molar-refractivity contribution in [1.29, 1.82) is 0 Å². The summed E-state index contributed by atoms with van der Waals surface area (Å²) in [7, 11) is 0. The number of hydrogen-bond donors (Lipinski definition) is 1. The number of halogens is 1. The summed E-state index contributed by atoms with van der Waals surface area (Å²) < 4.78 is 5.55. The van der Waals surface area contributed by atoms with Gasteiger partial charge in [-0.2, -0.15) is 11.8 Å². The molecule has 0 saturated carbocycles. The van der Waals surface area contributed by atoms with Gasteiger partial charge in [-0.3, -0.25) is 0 Å². The zero-order valence-corrected chi connectivity index (χ0v) is 9.75. The highest BCUT2D eigenvalue weighted by molar-refractivity contribution is 7.97. The molecule has 78 valence electrons. The highest BCUT2D eigenvalue weighted by Gasteiger charge is 2.00. The van der Waals surface area contributed by atoms with Crippen molar-refractivity contribution in [3.63, 3.8) is 0 Å². The lowest BCUT2D eigenvalue weighted by Gasteiger charge is -1.99. The van der Waals surface area contributed by atoms with E-state index in [9.17, 15) is 0 Å². The molecule has 0 atom stereocenters. The third-order valence-corrected chi connectivity index (χ3v) is 2.33. The number of hydrogen-bond acceptors (Lipinski definition) is 3. The molecule has 1 aromatic rings. The van der Waals surface area contributed by atoms with E-state index in [4.69, 9.17) is 16.0 Å². The van der Waals surface area contributed by atoms with Crippen LogP contribution in [0.4, 0.5) is 0 Å².